The number of imidazole rings is 1. The van der Waals surface area contributed by atoms with Crippen LogP contribution in [0.4, 0.5) is 0 Å². The highest BCUT2D eigenvalue weighted by atomic mass is 35.5. The summed E-state index contributed by atoms with van der Waals surface area (Å²) in [6.07, 6.45) is 5.99. The first-order valence-corrected chi connectivity index (χ1v) is 13.0. The van der Waals surface area contributed by atoms with Crippen LogP contribution >= 0.6 is 12.4 Å². The van der Waals surface area contributed by atoms with Gasteiger partial charge in [0.2, 0.25) is 0 Å². The van der Waals surface area contributed by atoms with Gasteiger partial charge in [-0.2, -0.15) is 0 Å². The van der Waals surface area contributed by atoms with Crippen molar-refractivity contribution in [2.45, 2.75) is 49.8 Å². The first kappa shape index (κ1) is 27.3. The van der Waals surface area contributed by atoms with E-state index in [0.717, 1.165) is 50.0 Å². The molecule has 1 saturated heterocycles. The first-order valence-electron chi connectivity index (χ1n) is 13.0. The molecule has 1 aliphatic heterocycles. The summed E-state index contributed by atoms with van der Waals surface area (Å²) in [6, 6.07) is 20.1. The molecule has 5 rings (SSSR count). The van der Waals surface area contributed by atoms with Crippen LogP contribution in [0, 0.1) is 0 Å². The number of methoxy groups -OCH3 is 1. The van der Waals surface area contributed by atoms with Crippen LogP contribution in [0.5, 0.6) is 0 Å². The fraction of sp³-hybridized carbons (Fsp3) is 0.448. The fourth-order valence-corrected chi connectivity index (χ4v) is 5.89. The second kappa shape index (κ2) is 12.2. The number of carbonyl (C=O) groups is 1. The SMILES string of the molecule is COC[C@]1(O)CCCC[C@H]1n1cnc(C(=O)N2CCNC[C@H]2Cc2ccccc2)c1-c1ccccc1.Cl. The van der Waals surface area contributed by atoms with Gasteiger partial charge >= 0.3 is 0 Å². The monoisotopic (exact) mass is 524 g/mol. The van der Waals surface area contributed by atoms with Crippen molar-refractivity contribution < 1.29 is 14.6 Å². The normalized spacial score (nSPS) is 23.9. The Balaban J connectivity index is 0.00000320. The zero-order chi connectivity index (χ0) is 25.0. The number of aromatic nitrogens is 2. The quantitative estimate of drug-likeness (QED) is 0.486. The number of nitrogens with zero attached hydrogens (tertiary/aromatic N) is 3. The van der Waals surface area contributed by atoms with E-state index >= 15 is 0 Å². The average Bonchev–Trinajstić information content (AvgIpc) is 3.35. The Morgan fingerprint density at radius 2 is 1.86 bits per heavy atom. The number of carbonyl (C=O) groups excluding carboxylic acids is 1. The second-order valence-electron chi connectivity index (χ2n) is 10.1. The standard InChI is InChI=1S/C29H36N4O3.ClH/c1-36-20-29(35)15-9-8-14-25(29)33-21-31-26(27(33)23-12-6-3-7-13-23)28(34)32-17-16-30-19-24(32)18-22-10-4-2-5-11-22;/h2-7,10-13,21,24-25,30,35H,8-9,14-20H2,1H3;1H/t24-,25-,29-;/m1./s1. The number of hydrogen-bond donors (Lipinski definition) is 2. The van der Waals surface area contributed by atoms with Crippen LogP contribution in [0.3, 0.4) is 0 Å². The van der Waals surface area contributed by atoms with Gasteiger partial charge < -0.3 is 24.6 Å². The number of benzene rings is 2. The molecule has 2 fully saturated rings. The summed E-state index contributed by atoms with van der Waals surface area (Å²) in [6.45, 7) is 2.39. The van der Waals surface area contributed by atoms with Gasteiger partial charge in [-0.15, -0.1) is 12.4 Å². The van der Waals surface area contributed by atoms with Crippen LogP contribution in [0.1, 0.15) is 47.8 Å². The number of nitrogens with one attached hydrogen (secondary N) is 1. The van der Waals surface area contributed by atoms with Crippen LogP contribution in [-0.4, -0.2) is 70.5 Å². The van der Waals surface area contributed by atoms with Gasteiger partial charge in [0.1, 0.15) is 5.60 Å². The third-order valence-corrected chi connectivity index (χ3v) is 7.66. The van der Waals surface area contributed by atoms with E-state index in [1.165, 1.54) is 5.56 Å². The summed E-state index contributed by atoms with van der Waals surface area (Å²) in [5, 5.41) is 15.0. The Hall–Kier alpha value is -2.71. The van der Waals surface area contributed by atoms with Crippen LogP contribution in [0.2, 0.25) is 0 Å². The number of ether oxygens (including phenoxy) is 1. The number of halogens is 1. The van der Waals surface area contributed by atoms with Crippen molar-refractivity contribution in [3.8, 4) is 11.3 Å². The van der Waals surface area contributed by atoms with Gasteiger partial charge in [0, 0.05) is 38.3 Å². The molecular formula is C29H37ClN4O3. The van der Waals surface area contributed by atoms with Crippen LogP contribution in [0.25, 0.3) is 11.3 Å². The molecule has 2 aromatic carbocycles. The fourth-order valence-electron chi connectivity index (χ4n) is 5.89. The number of rotatable bonds is 7. The Morgan fingerprint density at radius 1 is 1.14 bits per heavy atom. The zero-order valence-electron chi connectivity index (χ0n) is 21.4. The molecule has 1 amide bonds. The highest BCUT2D eigenvalue weighted by Crippen LogP contribution is 2.41. The Labute approximate surface area is 225 Å². The average molecular weight is 525 g/mol. The van der Waals surface area contributed by atoms with E-state index in [1.807, 2.05) is 58.0 Å². The maximum atomic E-state index is 14.1. The van der Waals surface area contributed by atoms with Crippen molar-refractivity contribution in [2.75, 3.05) is 33.4 Å². The van der Waals surface area contributed by atoms with Crippen molar-refractivity contribution in [3.63, 3.8) is 0 Å². The molecule has 1 aliphatic carbocycles. The lowest BCUT2D eigenvalue weighted by Gasteiger charge is -2.41. The first-order chi connectivity index (χ1) is 17.6. The van der Waals surface area contributed by atoms with Crippen molar-refractivity contribution in [2.24, 2.45) is 0 Å². The van der Waals surface area contributed by atoms with E-state index in [2.05, 4.69) is 17.4 Å². The third kappa shape index (κ3) is 5.75. The van der Waals surface area contributed by atoms with Crippen molar-refractivity contribution in [1.29, 1.82) is 0 Å². The lowest BCUT2D eigenvalue weighted by atomic mass is 9.80. The molecule has 2 heterocycles. The number of piperazine rings is 1. The van der Waals surface area contributed by atoms with Crippen molar-refractivity contribution in [3.05, 3.63) is 78.2 Å². The van der Waals surface area contributed by atoms with E-state index in [1.54, 1.807) is 13.4 Å². The minimum atomic E-state index is -0.998. The molecule has 0 spiro atoms. The molecule has 8 heteroatoms. The zero-order valence-corrected chi connectivity index (χ0v) is 22.2. The molecule has 2 N–H and O–H groups in total. The second-order valence-corrected chi connectivity index (χ2v) is 10.1. The molecule has 3 atom stereocenters. The van der Waals surface area contributed by atoms with Crippen molar-refractivity contribution in [1.82, 2.24) is 19.8 Å². The van der Waals surface area contributed by atoms with Crippen molar-refractivity contribution >= 4 is 18.3 Å². The molecule has 198 valence electrons. The van der Waals surface area contributed by atoms with Gasteiger partial charge in [-0.3, -0.25) is 4.79 Å². The molecular weight excluding hydrogens is 488 g/mol. The van der Waals surface area contributed by atoms with E-state index < -0.39 is 5.60 Å². The smallest absolute Gasteiger partial charge is 0.275 e. The molecule has 3 aromatic rings. The molecule has 7 nitrogen and oxygen atoms in total. The lowest BCUT2D eigenvalue weighted by Crippen LogP contribution is -2.54. The van der Waals surface area contributed by atoms with E-state index in [-0.39, 0.29) is 37.0 Å². The van der Waals surface area contributed by atoms with Gasteiger partial charge in [0.15, 0.2) is 5.69 Å². The third-order valence-electron chi connectivity index (χ3n) is 7.66. The minimum absolute atomic E-state index is 0. The summed E-state index contributed by atoms with van der Waals surface area (Å²) in [5.41, 5.74) is 2.37. The summed E-state index contributed by atoms with van der Waals surface area (Å²) in [4.78, 5) is 20.8. The lowest BCUT2D eigenvalue weighted by molar-refractivity contribution is -0.0893. The number of hydrogen-bond acceptors (Lipinski definition) is 5. The Bertz CT molecular complexity index is 1150. The molecule has 0 bridgehead atoms. The number of amides is 1. The van der Waals surface area contributed by atoms with Gasteiger partial charge in [0.25, 0.3) is 5.91 Å². The topological polar surface area (TPSA) is 79.6 Å². The predicted octanol–water partition coefficient (Wildman–Crippen LogP) is 4.12. The highest BCUT2D eigenvalue weighted by molar-refractivity contribution is 5.98. The molecule has 0 radical (unpaired) electrons. The molecule has 37 heavy (non-hydrogen) atoms. The van der Waals surface area contributed by atoms with E-state index in [9.17, 15) is 9.90 Å². The maximum Gasteiger partial charge on any atom is 0.275 e. The Morgan fingerprint density at radius 3 is 2.59 bits per heavy atom. The summed E-state index contributed by atoms with van der Waals surface area (Å²) in [7, 11) is 1.63. The number of aliphatic hydroxyl groups is 1. The molecule has 2 aliphatic rings. The maximum absolute atomic E-state index is 14.1. The highest BCUT2D eigenvalue weighted by Gasteiger charge is 2.42. The van der Waals surface area contributed by atoms with Gasteiger partial charge in [-0.25, -0.2) is 4.98 Å². The predicted molar refractivity (Wildman–Crippen MR) is 147 cm³/mol. The Kier molecular flexibility index (Phi) is 9.03. The van der Waals surface area contributed by atoms with Crippen LogP contribution < -0.4 is 5.32 Å². The van der Waals surface area contributed by atoms with Crippen LogP contribution in [-0.2, 0) is 11.2 Å². The molecule has 0 unspecified atom stereocenters. The summed E-state index contributed by atoms with van der Waals surface area (Å²) in [5.74, 6) is -0.0545. The summed E-state index contributed by atoms with van der Waals surface area (Å²) < 4.78 is 7.47. The van der Waals surface area contributed by atoms with Crippen LogP contribution in [0.15, 0.2) is 67.0 Å². The largest absolute Gasteiger partial charge is 0.385 e. The van der Waals surface area contributed by atoms with Gasteiger partial charge in [0.05, 0.1) is 24.7 Å². The molecule has 1 saturated carbocycles. The molecule has 1 aromatic heterocycles. The minimum Gasteiger partial charge on any atom is -0.385 e. The van der Waals surface area contributed by atoms with Gasteiger partial charge in [-0.1, -0.05) is 73.5 Å². The van der Waals surface area contributed by atoms with E-state index in [0.29, 0.717) is 18.7 Å². The van der Waals surface area contributed by atoms with Gasteiger partial charge in [-0.05, 0) is 24.8 Å². The summed E-state index contributed by atoms with van der Waals surface area (Å²) >= 11 is 0. The van der Waals surface area contributed by atoms with E-state index in [4.69, 9.17) is 9.72 Å².